The van der Waals surface area contributed by atoms with Crippen LogP contribution in [0.25, 0.3) is 0 Å². The molecule has 6 heteroatoms. The summed E-state index contributed by atoms with van der Waals surface area (Å²) in [6, 6.07) is 13.7. The zero-order valence-corrected chi connectivity index (χ0v) is 19.9. The molecule has 0 radical (unpaired) electrons. The fraction of sp³-hybridized carbons (Fsp3) is 0.519. The van der Waals surface area contributed by atoms with Crippen molar-refractivity contribution in [3.63, 3.8) is 0 Å². The first-order valence-electron chi connectivity index (χ1n) is 11.9. The fourth-order valence-electron chi connectivity index (χ4n) is 4.30. The lowest BCUT2D eigenvalue weighted by atomic mass is 9.94. The van der Waals surface area contributed by atoms with Crippen molar-refractivity contribution in [1.29, 1.82) is 0 Å². The van der Waals surface area contributed by atoms with Crippen molar-refractivity contribution >= 4 is 5.97 Å². The number of β-amino-alcohol motifs (C(OH)–C–C–N with tert-alkyl or cyclic N) is 1. The lowest BCUT2D eigenvalue weighted by Crippen LogP contribution is -2.52. The second-order valence-corrected chi connectivity index (χ2v) is 8.86. The third-order valence-electron chi connectivity index (χ3n) is 6.35. The van der Waals surface area contributed by atoms with Crippen molar-refractivity contribution in [2.75, 3.05) is 26.3 Å². The van der Waals surface area contributed by atoms with E-state index in [4.69, 9.17) is 9.47 Å². The number of halogens is 1. The minimum absolute atomic E-state index is 0.164. The second-order valence-electron chi connectivity index (χ2n) is 8.86. The maximum atomic E-state index is 13.8. The summed E-state index contributed by atoms with van der Waals surface area (Å²) in [7, 11) is 0. The maximum absolute atomic E-state index is 13.8. The van der Waals surface area contributed by atoms with Crippen LogP contribution in [0.2, 0.25) is 0 Å². The van der Waals surface area contributed by atoms with Crippen LogP contribution >= 0.6 is 0 Å². The van der Waals surface area contributed by atoms with Gasteiger partial charge in [-0.1, -0.05) is 36.4 Å². The molecular weight excluding hydrogens is 421 g/mol. The smallest absolute Gasteiger partial charge is 0.306 e. The number of aliphatic hydroxyl groups excluding tert-OH is 1. The molecule has 2 aromatic carbocycles. The van der Waals surface area contributed by atoms with Crippen molar-refractivity contribution in [1.82, 2.24) is 4.90 Å². The van der Waals surface area contributed by atoms with Crippen molar-refractivity contribution < 1.29 is 23.8 Å². The molecule has 1 heterocycles. The Balaban J connectivity index is 1.46. The van der Waals surface area contributed by atoms with Crippen molar-refractivity contribution in [2.45, 2.75) is 64.7 Å². The van der Waals surface area contributed by atoms with E-state index in [9.17, 15) is 14.3 Å². The van der Waals surface area contributed by atoms with Gasteiger partial charge in [-0.3, -0.25) is 9.69 Å². The van der Waals surface area contributed by atoms with Gasteiger partial charge in [0.15, 0.2) is 0 Å². The molecule has 0 aromatic heterocycles. The van der Waals surface area contributed by atoms with Gasteiger partial charge in [0.05, 0.1) is 25.4 Å². The molecule has 1 N–H and O–H groups in total. The summed E-state index contributed by atoms with van der Waals surface area (Å²) < 4.78 is 24.9. The van der Waals surface area contributed by atoms with Crippen molar-refractivity contribution in [3.05, 3.63) is 70.5 Å². The second kappa shape index (κ2) is 12.3. The van der Waals surface area contributed by atoms with Crippen LogP contribution in [0.4, 0.5) is 4.39 Å². The number of aryl methyl sites for hydroxylation is 2. The molecule has 0 saturated carbocycles. The average molecular weight is 458 g/mol. The van der Waals surface area contributed by atoms with E-state index in [2.05, 4.69) is 4.90 Å². The van der Waals surface area contributed by atoms with Gasteiger partial charge in [0, 0.05) is 25.6 Å². The van der Waals surface area contributed by atoms with Gasteiger partial charge >= 0.3 is 5.97 Å². The minimum Gasteiger partial charge on any atom is -0.466 e. The number of likely N-dealkylation sites (tertiary alicyclic amines) is 1. The Bertz CT molecular complexity index is 919. The zero-order valence-electron chi connectivity index (χ0n) is 19.9. The number of hydrogen-bond donors (Lipinski definition) is 1. The molecule has 2 aromatic rings. The van der Waals surface area contributed by atoms with Gasteiger partial charge < -0.3 is 14.6 Å². The predicted molar refractivity (Wildman–Crippen MR) is 127 cm³/mol. The molecule has 0 bridgehead atoms. The topological polar surface area (TPSA) is 59.0 Å². The van der Waals surface area contributed by atoms with E-state index in [1.807, 2.05) is 43.3 Å². The molecule has 5 nitrogen and oxygen atoms in total. The molecular formula is C27H36FNO4. The molecule has 0 amide bonds. The molecule has 0 unspecified atom stereocenters. The largest absolute Gasteiger partial charge is 0.466 e. The number of esters is 1. The van der Waals surface area contributed by atoms with Gasteiger partial charge in [0.2, 0.25) is 0 Å². The molecule has 3 rings (SSSR count). The summed E-state index contributed by atoms with van der Waals surface area (Å²) >= 11 is 0. The van der Waals surface area contributed by atoms with Gasteiger partial charge in [-0.15, -0.1) is 0 Å². The fourth-order valence-corrected chi connectivity index (χ4v) is 4.30. The first kappa shape index (κ1) is 25.3. The Hall–Kier alpha value is -2.28. The summed E-state index contributed by atoms with van der Waals surface area (Å²) in [5.74, 6) is -0.364. The summed E-state index contributed by atoms with van der Waals surface area (Å²) in [5, 5.41) is 10.6. The molecule has 1 saturated heterocycles. The van der Waals surface area contributed by atoms with Crippen LogP contribution in [0.1, 0.15) is 55.0 Å². The maximum Gasteiger partial charge on any atom is 0.306 e. The third kappa shape index (κ3) is 7.36. The van der Waals surface area contributed by atoms with Crippen LogP contribution in [0.3, 0.4) is 0 Å². The number of rotatable bonds is 12. The highest BCUT2D eigenvalue weighted by Gasteiger charge is 2.30. The Kier molecular flexibility index (Phi) is 9.41. The number of carbonyl (C=O) groups excluding carboxylic acids is 1. The Labute approximate surface area is 196 Å². The van der Waals surface area contributed by atoms with Crippen molar-refractivity contribution in [3.8, 4) is 0 Å². The van der Waals surface area contributed by atoms with E-state index in [-0.39, 0.29) is 24.5 Å². The van der Waals surface area contributed by atoms with Gasteiger partial charge in [-0.2, -0.15) is 0 Å². The highest BCUT2D eigenvalue weighted by Crippen LogP contribution is 2.25. The number of carbonyl (C=O) groups is 1. The lowest BCUT2D eigenvalue weighted by molar-refractivity contribution is -0.143. The standard InChI is InChI=1S/C27H36FNO4/c1-4-32-27(31)12-11-22-7-5-6-8-25(22)20(3)33-18-24(30)17-29-14-13-23(29)15-21-10-9-19(2)26(28)16-21/h5-10,16,20,23-24,30H,4,11-15,17-18H2,1-3H3/t20-,23+,24+/m1/s1. The summed E-state index contributed by atoms with van der Waals surface area (Å²) in [6.07, 6.45) is 1.97. The number of nitrogens with zero attached hydrogens (tertiary/aromatic N) is 1. The number of ether oxygens (including phenoxy) is 2. The van der Waals surface area contributed by atoms with E-state index < -0.39 is 6.10 Å². The van der Waals surface area contributed by atoms with E-state index in [1.54, 1.807) is 19.9 Å². The number of hydrogen-bond acceptors (Lipinski definition) is 5. The van der Waals surface area contributed by atoms with Crippen LogP contribution in [0.5, 0.6) is 0 Å². The minimum atomic E-state index is -0.600. The summed E-state index contributed by atoms with van der Waals surface area (Å²) in [4.78, 5) is 14.0. The van der Waals surface area contributed by atoms with Crippen molar-refractivity contribution in [2.24, 2.45) is 0 Å². The lowest BCUT2D eigenvalue weighted by Gasteiger charge is -2.42. The quantitative estimate of drug-likeness (QED) is 0.479. The molecule has 3 atom stereocenters. The zero-order chi connectivity index (χ0) is 23.8. The average Bonchev–Trinajstić information content (AvgIpc) is 2.80. The molecule has 180 valence electrons. The van der Waals surface area contributed by atoms with Crippen LogP contribution in [0.15, 0.2) is 42.5 Å². The Morgan fingerprint density at radius 2 is 2.06 bits per heavy atom. The van der Waals surface area contributed by atoms with E-state index in [0.717, 1.165) is 36.1 Å². The molecule has 0 aliphatic carbocycles. The first-order valence-corrected chi connectivity index (χ1v) is 11.9. The van der Waals surface area contributed by atoms with Crippen LogP contribution < -0.4 is 0 Å². The highest BCUT2D eigenvalue weighted by atomic mass is 19.1. The SMILES string of the molecule is CCOC(=O)CCc1ccccc1[C@@H](C)OC[C@@H](O)CN1CC[C@H]1Cc1ccc(C)c(F)c1. The Morgan fingerprint density at radius 1 is 1.27 bits per heavy atom. The van der Waals surface area contributed by atoms with E-state index >= 15 is 0 Å². The summed E-state index contributed by atoms with van der Waals surface area (Å²) in [6.45, 7) is 7.63. The van der Waals surface area contributed by atoms with Crippen LogP contribution in [-0.4, -0.2) is 54.4 Å². The van der Waals surface area contributed by atoms with E-state index in [0.29, 0.717) is 37.6 Å². The highest BCUT2D eigenvalue weighted by molar-refractivity contribution is 5.69. The van der Waals surface area contributed by atoms with E-state index in [1.165, 1.54) is 0 Å². The molecule has 1 aliphatic heterocycles. The van der Waals surface area contributed by atoms with Gasteiger partial charge in [0.1, 0.15) is 5.82 Å². The number of benzene rings is 2. The van der Waals surface area contributed by atoms with Gasteiger partial charge in [-0.05, 0) is 68.4 Å². The molecule has 33 heavy (non-hydrogen) atoms. The summed E-state index contributed by atoms with van der Waals surface area (Å²) in [5.41, 5.74) is 3.73. The molecule has 1 aliphatic rings. The first-order chi connectivity index (χ1) is 15.9. The van der Waals surface area contributed by atoms with Crippen LogP contribution in [0, 0.1) is 12.7 Å². The molecule has 0 spiro atoms. The normalized spacial score (nSPS) is 17.9. The Morgan fingerprint density at radius 3 is 2.76 bits per heavy atom. The molecule has 1 fully saturated rings. The monoisotopic (exact) mass is 457 g/mol. The predicted octanol–water partition coefficient (Wildman–Crippen LogP) is 4.39. The third-order valence-corrected chi connectivity index (χ3v) is 6.35. The number of aliphatic hydroxyl groups is 1. The van der Waals surface area contributed by atoms with Crippen LogP contribution in [-0.2, 0) is 27.1 Å². The van der Waals surface area contributed by atoms with Gasteiger partial charge in [-0.25, -0.2) is 4.39 Å². The van der Waals surface area contributed by atoms with Gasteiger partial charge in [0.25, 0.3) is 0 Å².